The molecule has 0 spiro atoms. The van der Waals surface area contributed by atoms with Crippen LogP contribution in [0.25, 0.3) is 0 Å². The van der Waals surface area contributed by atoms with Gasteiger partial charge < -0.3 is 16.4 Å². The molecule has 0 unspecified atom stereocenters. The van der Waals surface area contributed by atoms with Crippen LogP contribution >= 0.6 is 12.4 Å². The number of carbonyl (C=O) groups excluding carboxylic acids is 2. The quantitative estimate of drug-likeness (QED) is 0.738. The van der Waals surface area contributed by atoms with E-state index in [0.29, 0.717) is 0 Å². The number of hydrogen-bond acceptors (Lipinski definition) is 3. The molecule has 1 atom stereocenters. The van der Waals surface area contributed by atoms with Crippen molar-refractivity contribution in [2.24, 2.45) is 11.7 Å². The van der Waals surface area contributed by atoms with Crippen molar-refractivity contribution in [3.63, 3.8) is 0 Å². The summed E-state index contributed by atoms with van der Waals surface area (Å²) in [6.45, 7) is 9.53. The van der Waals surface area contributed by atoms with Gasteiger partial charge in [0.15, 0.2) is 0 Å². The van der Waals surface area contributed by atoms with Crippen LogP contribution in [0.1, 0.15) is 38.8 Å². The molecule has 0 aromatic heterocycles. The zero-order valence-electron chi connectivity index (χ0n) is 14.5. The van der Waals surface area contributed by atoms with Crippen LogP contribution in [0.15, 0.2) is 24.3 Å². The standard InChI is InChI=1S/C17H27N3O2.ClH/c1-11(2)15(18)16(22)19-10-14(21)20-17(4,5)13-8-6-7-12(3)9-13;/h6-9,11,15H,10,18H2,1-5H3,(H,19,22)(H,20,21);1H/t15-;/m0./s1. The number of nitrogens with one attached hydrogen (secondary N) is 2. The molecule has 4 N–H and O–H groups in total. The first-order valence-electron chi connectivity index (χ1n) is 7.55. The number of aryl methyl sites for hydroxylation is 1. The molecular weight excluding hydrogens is 314 g/mol. The van der Waals surface area contributed by atoms with E-state index in [4.69, 9.17) is 5.73 Å². The molecule has 0 aliphatic carbocycles. The number of nitrogens with two attached hydrogens (primary N) is 1. The monoisotopic (exact) mass is 341 g/mol. The normalized spacial score (nSPS) is 12.3. The summed E-state index contributed by atoms with van der Waals surface area (Å²) >= 11 is 0. The summed E-state index contributed by atoms with van der Waals surface area (Å²) in [5.41, 5.74) is 7.39. The fraction of sp³-hybridized carbons (Fsp3) is 0.529. The molecule has 1 aromatic rings. The third-order valence-corrected chi connectivity index (χ3v) is 3.64. The second-order valence-corrected chi connectivity index (χ2v) is 6.53. The zero-order valence-corrected chi connectivity index (χ0v) is 15.3. The van der Waals surface area contributed by atoms with Crippen LogP contribution in [0.2, 0.25) is 0 Å². The number of halogens is 1. The lowest BCUT2D eigenvalue weighted by Crippen LogP contribution is -2.50. The summed E-state index contributed by atoms with van der Waals surface area (Å²) < 4.78 is 0. The van der Waals surface area contributed by atoms with Crippen molar-refractivity contribution in [1.82, 2.24) is 10.6 Å². The molecule has 0 radical (unpaired) electrons. The lowest BCUT2D eigenvalue weighted by Gasteiger charge is -2.27. The Hall–Kier alpha value is -1.59. The van der Waals surface area contributed by atoms with Gasteiger partial charge in [0.1, 0.15) is 0 Å². The molecule has 0 bridgehead atoms. The smallest absolute Gasteiger partial charge is 0.240 e. The maximum absolute atomic E-state index is 12.0. The van der Waals surface area contributed by atoms with Gasteiger partial charge in [0, 0.05) is 0 Å². The van der Waals surface area contributed by atoms with Crippen molar-refractivity contribution in [3.8, 4) is 0 Å². The average molecular weight is 342 g/mol. The minimum absolute atomic E-state index is 0. The van der Waals surface area contributed by atoms with Gasteiger partial charge in [0.2, 0.25) is 11.8 Å². The number of amides is 2. The van der Waals surface area contributed by atoms with Gasteiger partial charge in [-0.3, -0.25) is 9.59 Å². The van der Waals surface area contributed by atoms with Crippen LogP contribution in [0.3, 0.4) is 0 Å². The highest BCUT2D eigenvalue weighted by Crippen LogP contribution is 2.20. The number of carbonyl (C=O) groups is 2. The fourth-order valence-electron chi connectivity index (χ4n) is 2.09. The number of hydrogen-bond donors (Lipinski definition) is 3. The minimum atomic E-state index is -0.599. The molecule has 23 heavy (non-hydrogen) atoms. The van der Waals surface area contributed by atoms with Crippen molar-refractivity contribution >= 4 is 24.2 Å². The first kappa shape index (κ1) is 21.4. The van der Waals surface area contributed by atoms with Crippen molar-refractivity contribution in [3.05, 3.63) is 35.4 Å². The van der Waals surface area contributed by atoms with Crippen LogP contribution in [-0.4, -0.2) is 24.4 Å². The van der Waals surface area contributed by atoms with E-state index in [2.05, 4.69) is 10.6 Å². The maximum Gasteiger partial charge on any atom is 0.240 e. The second kappa shape index (κ2) is 8.89. The topological polar surface area (TPSA) is 84.2 Å². The first-order chi connectivity index (χ1) is 10.1. The predicted molar refractivity (Wildman–Crippen MR) is 95.4 cm³/mol. The molecule has 1 rings (SSSR count). The zero-order chi connectivity index (χ0) is 16.9. The molecule has 130 valence electrons. The van der Waals surface area contributed by atoms with E-state index in [1.54, 1.807) is 0 Å². The van der Waals surface area contributed by atoms with Crippen molar-refractivity contribution < 1.29 is 9.59 Å². The molecule has 1 aromatic carbocycles. The van der Waals surface area contributed by atoms with Crippen LogP contribution in [0, 0.1) is 12.8 Å². The minimum Gasteiger partial charge on any atom is -0.346 e. The van der Waals surface area contributed by atoms with E-state index in [1.807, 2.05) is 58.9 Å². The second-order valence-electron chi connectivity index (χ2n) is 6.53. The lowest BCUT2D eigenvalue weighted by molar-refractivity contribution is -0.128. The van der Waals surface area contributed by atoms with E-state index in [9.17, 15) is 9.59 Å². The summed E-state index contributed by atoms with van der Waals surface area (Å²) in [6, 6.07) is 7.38. The first-order valence-corrected chi connectivity index (χ1v) is 7.55. The summed E-state index contributed by atoms with van der Waals surface area (Å²) in [5, 5.41) is 5.50. The van der Waals surface area contributed by atoms with Crippen molar-refractivity contribution in [1.29, 1.82) is 0 Å². The van der Waals surface area contributed by atoms with Gasteiger partial charge >= 0.3 is 0 Å². The van der Waals surface area contributed by atoms with Gasteiger partial charge in [-0.15, -0.1) is 12.4 Å². The Bertz CT molecular complexity index is 544. The van der Waals surface area contributed by atoms with Crippen molar-refractivity contribution in [2.45, 2.75) is 46.2 Å². The average Bonchev–Trinajstić information content (AvgIpc) is 2.43. The largest absolute Gasteiger partial charge is 0.346 e. The van der Waals surface area contributed by atoms with Crippen LogP contribution in [-0.2, 0) is 15.1 Å². The Labute approximate surface area is 144 Å². The van der Waals surface area contributed by atoms with Crippen LogP contribution in [0.4, 0.5) is 0 Å². The molecule has 0 saturated carbocycles. The molecule has 2 amide bonds. The van der Waals surface area contributed by atoms with E-state index < -0.39 is 11.6 Å². The Morgan fingerprint density at radius 2 is 1.87 bits per heavy atom. The van der Waals surface area contributed by atoms with Gasteiger partial charge in [-0.1, -0.05) is 43.7 Å². The highest BCUT2D eigenvalue weighted by Gasteiger charge is 2.24. The Kier molecular flexibility index (Phi) is 8.28. The molecular formula is C17H28ClN3O2. The van der Waals surface area contributed by atoms with Crippen molar-refractivity contribution in [2.75, 3.05) is 6.54 Å². The molecule has 0 heterocycles. The number of benzene rings is 1. The Morgan fingerprint density at radius 3 is 2.39 bits per heavy atom. The highest BCUT2D eigenvalue weighted by molar-refractivity contribution is 5.87. The summed E-state index contributed by atoms with van der Waals surface area (Å²) in [6.07, 6.45) is 0. The highest BCUT2D eigenvalue weighted by atomic mass is 35.5. The SMILES string of the molecule is Cc1cccc(C(C)(C)NC(=O)CNC(=O)[C@@H](N)C(C)C)c1.Cl. The summed E-state index contributed by atoms with van der Waals surface area (Å²) in [4.78, 5) is 23.8. The third-order valence-electron chi connectivity index (χ3n) is 3.64. The van der Waals surface area contributed by atoms with Crippen LogP contribution < -0.4 is 16.4 Å². The molecule has 0 aliphatic rings. The lowest BCUT2D eigenvalue weighted by atomic mass is 9.93. The van der Waals surface area contributed by atoms with E-state index in [-0.39, 0.29) is 36.7 Å². The van der Waals surface area contributed by atoms with Crippen LogP contribution in [0.5, 0.6) is 0 Å². The predicted octanol–water partition coefficient (Wildman–Crippen LogP) is 1.87. The molecule has 6 heteroatoms. The Morgan fingerprint density at radius 1 is 1.26 bits per heavy atom. The molecule has 0 fully saturated rings. The van der Waals surface area contributed by atoms with Gasteiger partial charge in [0.25, 0.3) is 0 Å². The molecule has 0 saturated heterocycles. The number of rotatable bonds is 6. The fourth-order valence-corrected chi connectivity index (χ4v) is 2.09. The van der Waals surface area contributed by atoms with E-state index >= 15 is 0 Å². The molecule has 0 aliphatic heterocycles. The van der Waals surface area contributed by atoms with Gasteiger partial charge in [0.05, 0.1) is 18.1 Å². The van der Waals surface area contributed by atoms with E-state index in [0.717, 1.165) is 11.1 Å². The van der Waals surface area contributed by atoms with Gasteiger partial charge in [-0.05, 0) is 32.3 Å². The third kappa shape index (κ3) is 6.59. The summed E-state index contributed by atoms with van der Waals surface area (Å²) in [7, 11) is 0. The molecule has 5 nitrogen and oxygen atoms in total. The van der Waals surface area contributed by atoms with Gasteiger partial charge in [-0.25, -0.2) is 0 Å². The summed E-state index contributed by atoms with van der Waals surface area (Å²) in [5.74, 6) is -0.513. The Balaban J connectivity index is 0.00000484. The van der Waals surface area contributed by atoms with E-state index in [1.165, 1.54) is 0 Å². The maximum atomic E-state index is 12.0. The van der Waals surface area contributed by atoms with Gasteiger partial charge in [-0.2, -0.15) is 0 Å².